The molecule has 1 saturated heterocycles. The monoisotopic (exact) mass is 311 g/mol. The van der Waals surface area contributed by atoms with E-state index in [-0.39, 0.29) is 6.61 Å². The molecule has 0 radical (unpaired) electrons. The summed E-state index contributed by atoms with van der Waals surface area (Å²) < 4.78 is 5.91. The lowest BCUT2D eigenvalue weighted by molar-refractivity contribution is 0.208. The molecular formula is C18H21N3O2. The van der Waals surface area contributed by atoms with Crippen LogP contribution in [0.15, 0.2) is 30.6 Å². The highest BCUT2D eigenvalue weighted by atomic mass is 16.5. The van der Waals surface area contributed by atoms with Crippen molar-refractivity contribution in [2.75, 3.05) is 24.6 Å². The zero-order valence-corrected chi connectivity index (χ0v) is 13.1. The lowest BCUT2D eigenvalue weighted by Gasteiger charge is -2.34. The summed E-state index contributed by atoms with van der Waals surface area (Å²) >= 11 is 0. The molecule has 0 unspecified atom stereocenters. The van der Waals surface area contributed by atoms with Gasteiger partial charge in [-0.1, -0.05) is 18.2 Å². The van der Waals surface area contributed by atoms with E-state index in [9.17, 15) is 5.11 Å². The van der Waals surface area contributed by atoms with Crippen LogP contribution in [0.5, 0.6) is 5.75 Å². The molecule has 5 heteroatoms. The number of fused-ring (bicyclic) bond motifs is 2. The average molecular weight is 311 g/mol. The molecule has 3 heterocycles. The highest BCUT2D eigenvalue weighted by Gasteiger charge is 2.25. The summed E-state index contributed by atoms with van der Waals surface area (Å²) in [6, 6.07) is 8.15. The van der Waals surface area contributed by atoms with Crippen LogP contribution in [0.2, 0.25) is 0 Å². The molecule has 0 bridgehead atoms. The molecule has 1 aromatic heterocycles. The molecule has 0 aliphatic carbocycles. The van der Waals surface area contributed by atoms with Crippen molar-refractivity contribution in [1.29, 1.82) is 0 Å². The van der Waals surface area contributed by atoms with E-state index >= 15 is 0 Å². The molecule has 0 amide bonds. The van der Waals surface area contributed by atoms with E-state index in [4.69, 9.17) is 4.74 Å². The van der Waals surface area contributed by atoms with Crippen LogP contribution in [0.25, 0.3) is 0 Å². The highest BCUT2D eigenvalue weighted by Crippen LogP contribution is 2.32. The minimum atomic E-state index is 0.246. The molecule has 120 valence electrons. The minimum absolute atomic E-state index is 0.246. The van der Waals surface area contributed by atoms with Crippen molar-refractivity contribution in [1.82, 2.24) is 9.97 Å². The van der Waals surface area contributed by atoms with Crippen molar-refractivity contribution in [3.8, 4) is 5.75 Å². The van der Waals surface area contributed by atoms with Crippen molar-refractivity contribution in [2.24, 2.45) is 5.92 Å². The minimum Gasteiger partial charge on any atom is -0.487 e. The second-order valence-electron chi connectivity index (χ2n) is 6.33. The van der Waals surface area contributed by atoms with Crippen LogP contribution < -0.4 is 9.64 Å². The van der Waals surface area contributed by atoms with E-state index in [1.165, 1.54) is 5.56 Å². The Labute approximate surface area is 136 Å². The number of piperidine rings is 1. The van der Waals surface area contributed by atoms with Crippen LogP contribution in [0.3, 0.4) is 0 Å². The molecule has 1 N–H and O–H groups in total. The Morgan fingerprint density at radius 3 is 3.09 bits per heavy atom. The molecule has 5 nitrogen and oxygen atoms in total. The maximum atomic E-state index is 9.49. The Morgan fingerprint density at radius 2 is 2.17 bits per heavy atom. The van der Waals surface area contributed by atoms with Gasteiger partial charge in [0, 0.05) is 31.7 Å². The Kier molecular flexibility index (Phi) is 3.87. The van der Waals surface area contributed by atoms with E-state index in [2.05, 4.69) is 20.9 Å². The van der Waals surface area contributed by atoms with E-state index in [0.29, 0.717) is 12.5 Å². The van der Waals surface area contributed by atoms with Crippen molar-refractivity contribution in [3.05, 3.63) is 47.4 Å². The fourth-order valence-electron chi connectivity index (χ4n) is 3.55. The third-order valence-electron chi connectivity index (χ3n) is 4.79. The smallest absolute Gasteiger partial charge is 0.135 e. The first kappa shape index (κ1) is 14.5. The summed E-state index contributed by atoms with van der Waals surface area (Å²) in [6.07, 6.45) is 4.61. The summed E-state index contributed by atoms with van der Waals surface area (Å²) in [7, 11) is 0. The second-order valence-corrected chi connectivity index (χ2v) is 6.33. The predicted molar refractivity (Wildman–Crippen MR) is 87.6 cm³/mol. The highest BCUT2D eigenvalue weighted by molar-refractivity contribution is 5.53. The SMILES string of the molecule is OC[C@@H]1CCCN(c2ncnc3c2Cc2ccccc2OC3)C1. The maximum Gasteiger partial charge on any atom is 0.135 e. The fraction of sp³-hybridized carbons (Fsp3) is 0.444. The fourth-order valence-corrected chi connectivity index (χ4v) is 3.55. The number of rotatable bonds is 2. The van der Waals surface area contributed by atoms with Gasteiger partial charge in [-0.2, -0.15) is 0 Å². The van der Waals surface area contributed by atoms with Gasteiger partial charge in [-0.25, -0.2) is 9.97 Å². The Morgan fingerprint density at radius 1 is 1.26 bits per heavy atom. The molecule has 2 aliphatic heterocycles. The van der Waals surface area contributed by atoms with Crippen LogP contribution in [0.1, 0.15) is 29.7 Å². The molecule has 2 aromatic rings. The van der Waals surface area contributed by atoms with E-state index in [0.717, 1.165) is 55.2 Å². The standard InChI is InChI=1S/C18H21N3O2/c22-10-13-4-3-7-21(9-13)18-15-8-14-5-1-2-6-17(14)23-11-16(15)19-12-20-18/h1-2,5-6,12-13,22H,3-4,7-11H2/t13-/m1/s1. The first-order valence-corrected chi connectivity index (χ1v) is 8.24. The van der Waals surface area contributed by atoms with Crippen molar-refractivity contribution >= 4 is 5.82 Å². The van der Waals surface area contributed by atoms with Gasteiger partial charge in [-0.15, -0.1) is 0 Å². The topological polar surface area (TPSA) is 58.5 Å². The number of hydrogen-bond acceptors (Lipinski definition) is 5. The van der Waals surface area contributed by atoms with Gasteiger partial charge in [0.1, 0.15) is 24.5 Å². The van der Waals surface area contributed by atoms with E-state index in [1.807, 2.05) is 18.2 Å². The quantitative estimate of drug-likeness (QED) is 0.921. The normalized spacial score (nSPS) is 20.2. The molecule has 2 aliphatic rings. The predicted octanol–water partition coefficient (Wildman–Crippen LogP) is 2.17. The largest absolute Gasteiger partial charge is 0.487 e. The molecule has 1 aromatic carbocycles. The van der Waals surface area contributed by atoms with Gasteiger partial charge in [0.2, 0.25) is 0 Å². The van der Waals surface area contributed by atoms with Gasteiger partial charge >= 0.3 is 0 Å². The van der Waals surface area contributed by atoms with Gasteiger partial charge in [0.15, 0.2) is 0 Å². The third-order valence-corrected chi connectivity index (χ3v) is 4.79. The average Bonchev–Trinajstić information content (AvgIpc) is 2.81. The molecule has 1 fully saturated rings. The zero-order chi connectivity index (χ0) is 15.6. The number of para-hydroxylation sites is 1. The molecule has 0 spiro atoms. The summed E-state index contributed by atoms with van der Waals surface area (Å²) in [5.74, 6) is 2.28. The molecule has 1 atom stereocenters. The Hall–Kier alpha value is -2.14. The maximum absolute atomic E-state index is 9.49. The van der Waals surface area contributed by atoms with Gasteiger partial charge < -0.3 is 14.7 Å². The molecule has 0 saturated carbocycles. The number of hydrogen-bond donors (Lipinski definition) is 1. The second kappa shape index (κ2) is 6.16. The van der Waals surface area contributed by atoms with Crippen LogP contribution >= 0.6 is 0 Å². The Balaban J connectivity index is 1.71. The third kappa shape index (κ3) is 2.77. The van der Waals surface area contributed by atoms with Gasteiger partial charge in [-0.05, 0) is 30.4 Å². The van der Waals surface area contributed by atoms with Crippen LogP contribution in [-0.4, -0.2) is 34.8 Å². The molecule has 23 heavy (non-hydrogen) atoms. The molecular weight excluding hydrogens is 290 g/mol. The first-order chi connectivity index (χ1) is 11.3. The van der Waals surface area contributed by atoms with Crippen molar-refractivity contribution < 1.29 is 9.84 Å². The summed E-state index contributed by atoms with van der Waals surface area (Å²) in [4.78, 5) is 11.3. The van der Waals surface area contributed by atoms with E-state index in [1.54, 1.807) is 6.33 Å². The van der Waals surface area contributed by atoms with Gasteiger partial charge in [0.25, 0.3) is 0 Å². The van der Waals surface area contributed by atoms with E-state index < -0.39 is 0 Å². The lowest BCUT2D eigenvalue weighted by Crippen LogP contribution is -2.38. The number of benzene rings is 1. The van der Waals surface area contributed by atoms with Crippen LogP contribution in [0, 0.1) is 5.92 Å². The van der Waals surface area contributed by atoms with Gasteiger partial charge in [-0.3, -0.25) is 0 Å². The van der Waals surface area contributed by atoms with Crippen molar-refractivity contribution in [3.63, 3.8) is 0 Å². The summed E-state index contributed by atoms with van der Waals surface area (Å²) in [5, 5.41) is 9.49. The van der Waals surface area contributed by atoms with Gasteiger partial charge in [0.05, 0.1) is 5.69 Å². The summed E-state index contributed by atoms with van der Waals surface area (Å²) in [6.45, 7) is 2.58. The number of aliphatic hydroxyl groups is 1. The molecule has 4 rings (SSSR count). The first-order valence-electron chi connectivity index (χ1n) is 8.24. The number of aliphatic hydroxyl groups excluding tert-OH is 1. The van der Waals surface area contributed by atoms with Crippen LogP contribution in [0.4, 0.5) is 5.82 Å². The number of ether oxygens (including phenoxy) is 1. The van der Waals surface area contributed by atoms with Crippen LogP contribution in [-0.2, 0) is 13.0 Å². The zero-order valence-electron chi connectivity index (χ0n) is 13.1. The van der Waals surface area contributed by atoms with Crippen molar-refractivity contribution in [2.45, 2.75) is 25.9 Å². The lowest BCUT2D eigenvalue weighted by atomic mass is 9.97. The Bertz CT molecular complexity index is 704. The number of nitrogens with zero attached hydrogens (tertiary/aromatic N) is 3. The summed E-state index contributed by atoms with van der Waals surface area (Å²) in [5.41, 5.74) is 3.31. The number of aromatic nitrogens is 2. The number of anilines is 1.